The number of fused-ring (bicyclic) bond motifs is 2. The van der Waals surface area contributed by atoms with Crippen molar-refractivity contribution in [2.45, 2.75) is 85.4 Å². The Morgan fingerprint density at radius 1 is 1.08 bits per heavy atom. The van der Waals surface area contributed by atoms with E-state index in [4.69, 9.17) is 34.1 Å². The number of nitrogens with two attached hydrogens (primary N) is 1. The Kier molecular flexibility index (Phi) is 13.5. The summed E-state index contributed by atoms with van der Waals surface area (Å²) in [5.74, 6) is -5.83. The van der Waals surface area contributed by atoms with Crippen molar-refractivity contribution < 1.29 is 53.1 Å². The molecule has 0 spiro atoms. The SMILES string of the molecule is CC(=O)O[C@@H]1CC/C=C/O[C@@]2(C)Oc3c(C)c(=O)c4c(O)c(c5oc6cc(OCCNCCN)ccc6nc5c4c3C2=O)NC(=O)/C(C)=C\C=C\[C@H](C)[C@H](O)[C@@H](C)[C@@H](O)[C@H]1C. The highest BCUT2D eigenvalue weighted by molar-refractivity contribution is 6.26. The molecule has 0 unspecified atom stereocenters. The van der Waals surface area contributed by atoms with Crippen molar-refractivity contribution in [3.63, 3.8) is 0 Å². The van der Waals surface area contributed by atoms with Crippen LogP contribution in [0.3, 0.4) is 0 Å². The number of nitrogens with one attached hydrogen (secondary N) is 2. The van der Waals surface area contributed by atoms with Gasteiger partial charge in [-0.15, -0.1) is 0 Å². The molecule has 3 heterocycles. The zero-order valence-corrected chi connectivity index (χ0v) is 35.4. The molecule has 3 aromatic carbocycles. The van der Waals surface area contributed by atoms with Gasteiger partial charge in [-0.1, -0.05) is 39.0 Å². The second-order valence-corrected chi connectivity index (χ2v) is 15.9. The summed E-state index contributed by atoms with van der Waals surface area (Å²) >= 11 is 0. The first-order valence-corrected chi connectivity index (χ1v) is 20.4. The number of amides is 1. The molecule has 16 heteroatoms. The fraction of sp³-hybridized carbons (Fsp3) is 0.444. The van der Waals surface area contributed by atoms with Crippen LogP contribution in [0.4, 0.5) is 5.69 Å². The fourth-order valence-corrected chi connectivity index (χ4v) is 7.73. The molecule has 1 amide bonds. The number of phenolic OH excluding ortho intramolecular Hbond substituents is 1. The van der Waals surface area contributed by atoms with Crippen molar-refractivity contribution in [1.82, 2.24) is 10.3 Å². The molecule has 6 rings (SSSR count). The van der Waals surface area contributed by atoms with Gasteiger partial charge in [0.1, 0.15) is 40.9 Å². The van der Waals surface area contributed by atoms with Crippen molar-refractivity contribution >= 4 is 56.3 Å². The van der Waals surface area contributed by atoms with E-state index in [9.17, 15) is 34.5 Å². The highest BCUT2D eigenvalue weighted by atomic mass is 16.7. The van der Waals surface area contributed by atoms with Gasteiger partial charge in [-0.2, -0.15) is 0 Å². The Morgan fingerprint density at radius 3 is 2.56 bits per heavy atom. The van der Waals surface area contributed by atoms with E-state index >= 15 is 0 Å². The van der Waals surface area contributed by atoms with Crippen LogP contribution in [0, 0.1) is 24.7 Å². The number of ether oxygens (including phenoxy) is 4. The van der Waals surface area contributed by atoms with Crippen LogP contribution in [0.2, 0.25) is 0 Å². The molecular formula is C45H54N4O12. The number of aliphatic hydroxyl groups excluding tert-OH is 2. The molecule has 61 heavy (non-hydrogen) atoms. The van der Waals surface area contributed by atoms with Gasteiger partial charge in [-0.25, -0.2) is 4.98 Å². The molecule has 326 valence electrons. The lowest BCUT2D eigenvalue weighted by Gasteiger charge is -2.34. The van der Waals surface area contributed by atoms with Gasteiger partial charge in [0.2, 0.25) is 0 Å². The molecule has 4 bridgehead atoms. The minimum absolute atomic E-state index is 0.00796. The number of aromatic nitrogens is 1. The van der Waals surface area contributed by atoms with Crippen molar-refractivity contribution in [2.24, 2.45) is 23.5 Å². The van der Waals surface area contributed by atoms with Gasteiger partial charge < -0.3 is 55.1 Å². The highest BCUT2D eigenvalue weighted by Crippen LogP contribution is 2.48. The maximum atomic E-state index is 14.5. The van der Waals surface area contributed by atoms with Gasteiger partial charge in [-0.05, 0) is 44.9 Å². The number of benzene rings is 3. The second-order valence-electron chi connectivity index (χ2n) is 15.9. The van der Waals surface area contributed by atoms with Crippen LogP contribution in [-0.4, -0.2) is 88.3 Å². The Labute approximate surface area is 352 Å². The fourth-order valence-electron chi connectivity index (χ4n) is 7.73. The van der Waals surface area contributed by atoms with Gasteiger partial charge in [0.15, 0.2) is 22.3 Å². The molecule has 0 radical (unpaired) electrons. The van der Waals surface area contributed by atoms with E-state index in [1.165, 1.54) is 40.0 Å². The van der Waals surface area contributed by atoms with Crippen LogP contribution in [-0.2, 0) is 19.1 Å². The first-order chi connectivity index (χ1) is 29.0. The number of aliphatic hydroxyl groups is 2. The van der Waals surface area contributed by atoms with E-state index < -0.39 is 70.7 Å². The van der Waals surface area contributed by atoms with Crippen LogP contribution >= 0.6 is 0 Å². The molecule has 7 N–H and O–H groups in total. The maximum Gasteiger partial charge on any atom is 0.312 e. The van der Waals surface area contributed by atoms with Crippen LogP contribution in [0.15, 0.2) is 63.6 Å². The van der Waals surface area contributed by atoms with E-state index in [0.717, 1.165) is 0 Å². The van der Waals surface area contributed by atoms with Gasteiger partial charge in [0.05, 0.1) is 29.4 Å². The number of hydrogen-bond donors (Lipinski definition) is 6. The predicted molar refractivity (Wildman–Crippen MR) is 229 cm³/mol. The molecule has 16 nitrogen and oxygen atoms in total. The van der Waals surface area contributed by atoms with E-state index in [0.29, 0.717) is 43.9 Å². The second kappa shape index (κ2) is 18.4. The number of phenols is 1. The molecule has 0 saturated heterocycles. The number of esters is 1. The molecule has 0 saturated carbocycles. The van der Waals surface area contributed by atoms with E-state index in [1.54, 1.807) is 57.2 Å². The molecule has 4 aromatic rings. The number of Topliss-reactive ketones (excluding diaryl/α,β-unsaturated/α-hetero) is 1. The Hall–Kier alpha value is -5.81. The number of aromatic hydroxyl groups is 1. The van der Waals surface area contributed by atoms with Crippen LogP contribution in [0.5, 0.6) is 17.2 Å². The summed E-state index contributed by atoms with van der Waals surface area (Å²) in [5, 5.41) is 40.1. The van der Waals surface area contributed by atoms with Gasteiger partial charge in [0, 0.05) is 73.8 Å². The third-order valence-electron chi connectivity index (χ3n) is 11.4. The monoisotopic (exact) mass is 842 g/mol. The van der Waals surface area contributed by atoms with E-state index in [1.807, 2.05) is 0 Å². The normalized spacial score (nSPS) is 27.0. The zero-order valence-electron chi connectivity index (χ0n) is 35.4. The number of rotatable bonds is 7. The van der Waals surface area contributed by atoms with Crippen molar-refractivity contribution in [3.8, 4) is 17.2 Å². The van der Waals surface area contributed by atoms with Gasteiger partial charge >= 0.3 is 11.8 Å². The minimum Gasteiger partial charge on any atom is -0.505 e. The maximum absolute atomic E-state index is 14.5. The number of carbonyl (C=O) groups excluding carboxylic acids is 3. The molecule has 2 aliphatic heterocycles. The molecule has 0 aliphatic carbocycles. The average Bonchev–Trinajstić information content (AvgIpc) is 3.49. The predicted octanol–water partition coefficient (Wildman–Crippen LogP) is 5.05. The van der Waals surface area contributed by atoms with Crippen molar-refractivity contribution in [1.29, 1.82) is 0 Å². The molecule has 1 aromatic heterocycles. The Bertz CT molecular complexity index is 2510. The van der Waals surface area contributed by atoms with Gasteiger partial charge in [0.25, 0.3) is 11.7 Å². The first kappa shape index (κ1) is 44.7. The lowest BCUT2D eigenvalue weighted by Crippen LogP contribution is -2.42. The van der Waals surface area contributed by atoms with Crippen molar-refractivity contribution in [3.05, 3.63) is 75.7 Å². The number of hydrogen-bond acceptors (Lipinski definition) is 15. The lowest BCUT2D eigenvalue weighted by molar-refractivity contribution is -0.153. The summed E-state index contributed by atoms with van der Waals surface area (Å²) in [6.07, 6.45) is 5.43. The summed E-state index contributed by atoms with van der Waals surface area (Å²) in [6, 6.07) is 4.93. The van der Waals surface area contributed by atoms with E-state index in [2.05, 4.69) is 10.6 Å². The van der Waals surface area contributed by atoms with Gasteiger partial charge in [-0.3, -0.25) is 19.2 Å². The third-order valence-corrected chi connectivity index (χ3v) is 11.4. The number of ketones is 1. The minimum atomic E-state index is -1.97. The number of allylic oxidation sites excluding steroid dienone is 3. The van der Waals surface area contributed by atoms with Crippen LogP contribution in [0.1, 0.15) is 70.3 Å². The smallest absolute Gasteiger partial charge is 0.312 e. The average molecular weight is 843 g/mol. The Morgan fingerprint density at radius 2 is 1.84 bits per heavy atom. The highest BCUT2D eigenvalue weighted by Gasteiger charge is 2.49. The molecular weight excluding hydrogens is 789 g/mol. The van der Waals surface area contributed by atoms with Crippen LogP contribution < -0.4 is 31.3 Å². The quantitative estimate of drug-likeness (QED) is 0.0469. The number of carbonyl (C=O) groups is 3. The molecule has 7 atom stereocenters. The Balaban J connectivity index is 1.53. The summed E-state index contributed by atoms with van der Waals surface area (Å²) in [4.78, 5) is 59.5. The largest absolute Gasteiger partial charge is 0.505 e. The first-order valence-electron chi connectivity index (χ1n) is 20.4. The summed E-state index contributed by atoms with van der Waals surface area (Å²) in [6.45, 7) is 12.8. The topological polar surface area (TPSA) is 242 Å². The lowest BCUT2D eigenvalue weighted by atomic mass is 9.81. The standard InChI is InChI=1S/C45H54N4O12/c1-22-11-10-12-23(2)44(56)49-36-40(54)33-32(35-42(36)60-31-21-28(14-15-29(31)48-35)57-20-18-47-17-16-46)34-41(26(5)39(33)53)61-45(7,43(34)55)58-19-9-8-13-30(59-27(6)50)24(3)38(52)25(4)37(22)51/h9-12,14-15,19,21-22,24-25,30,37-38,47,51-52,54H,8,13,16-18,20,46H2,1-7H3,(H,49,56)/b11-10+,19-9+,23-12-/t22-,24-,25+,30+,37-,38-,45-/m0/s1. The summed E-state index contributed by atoms with van der Waals surface area (Å²) in [5.41, 5.74) is 5.10. The number of nitrogens with zero attached hydrogens (tertiary/aromatic N) is 1. The zero-order chi connectivity index (χ0) is 44.3. The third kappa shape index (κ3) is 8.98. The number of anilines is 1. The summed E-state index contributed by atoms with van der Waals surface area (Å²) in [7, 11) is 0. The van der Waals surface area contributed by atoms with Crippen LogP contribution in [0.25, 0.3) is 33.0 Å². The van der Waals surface area contributed by atoms with Crippen molar-refractivity contribution in [2.75, 3.05) is 31.6 Å². The molecule has 2 aliphatic rings. The molecule has 0 fully saturated rings. The summed E-state index contributed by atoms with van der Waals surface area (Å²) < 4.78 is 30.0. The van der Waals surface area contributed by atoms with E-state index in [-0.39, 0.29) is 62.0 Å².